The topological polar surface area (TPSA) is 75.2 Å². The Morgan fingerprint density at radius 2 is 2.06 bits per heavy atom. The highest BCUT2D eigenvalue weighted by atomic mass is 32.2. The van der Waals surface area contributed by atoms with Gasteiger partial charge in [0.15, 0.2) is 0 Å². The maximum Gasteiger partial charge on any atom is 0.261 e. The molecule has 1 N–H and O–H groups in total. The molecule has 3 aromatic rings. The molecule has 1 aliphatic heterocycles. The average molecular weight is 469 g/mol. The van der Waals surface area contributed by atoms with Gasteiger partial charge in [-0.1, -0.05) is 12.8 Å². The highest BCUT2D eigenvalue weighted by Crippen LogP contribution is 2.26. The van der Waals surface area contributed by atoms with Gasteiger partial charge in [-0.25, -0.2) is 4.98 Å². The van der Waals surface area contributed by atoms with Crippen molar-refractivity contribution in [3.05, 3.63) is 53.3 Å². The Morgan fingerprint density at radius 1 is 1.22 bits per heavy atom. The summed E-state index contributed by atoms with van der Waals surface area (Å²) in [7, 11) is 0. The first kappa shape index (κ1) is 22.7. The molecule has 32 heavy (non-hydrogen) atoms. The number of nitrogens with zero attached hydrogens (tertiary/aromatic N) is 3. The van der Waals surface area contributed by atoms with E-state index in [4.69, 9.17) is 0 Å². The Kier molecular flexibility index (Phi) is 7.76. The Bertz CT molecular complexity index is 1040. The number of thiophene rings is 1. The average Bonchev–Trinajstić information content (AvgIpc) is 3.28. The first-order chi connectivity index (χ1) is 15.7. The zero-order valence-electron chi connectivity index (χ0n) is 18.3. The minimum atomic E-state index is -0.00182. The lowest BCUT2D eigenvalue weighted by Gasteiger charge is -2.32. The number of carbonyl (C=O) groups excluding carboxylic acids is 2. The van der Waals surface area contributed by atoms with Crippen molar-refractivity contribution in [2.24, 2.45) is 5.92 Å². The third-order valence-electron chi connectivity index (χ3n) is 5.97. The van der Waals surface area contributed by atoms with Crippen LogP contribution in [0.2, 0.25) is 0 Å². The highest BCUT2D eigenvalue weighted by Gasteiger charge is 2.25. The van der Waals surface area contributed by atoms with E-state index < -0.39 is 0 Å². The van der Waals surface area contributed by atoms with E-state index in [1.807, 2.05) is 35.4 Å². The van der Waals surface area contributed by atoms with Crippen LogP contribution in [0.25, 0.3) is 10.1 Å². The van der Waals surface area contributed by atoms with Crippen LogP contribution >= 0.6 is 23.1 Å². The molecule has 6 nitrogen and oxygen atoms in total. The van der Waals surface area contributed by atoms with Gasteiger partial charge in [-0.05, 0) is 61.1 Å². The third-order valence-corrected chi connectivity index (χ3v) is 7.76. The summed E-state index contributed by atoms with van der Waals surface area (Å²) >= 11 is 3.00. The van der Waals surface area contributed by atoms with E-state index >= 15 is 0 Å². The minimum Gasteiger partial charge on any atom is -0.351 e. The van der Waals surface area contributed by atoms with Gasteiger partial charge in [0.25, 0.3) is 11.8 Å². The third kappa shape index (κ3) is 5.48. The van der Waals surface area contributed by atoms with E-state index in [1.54, 1.807) is 18.6 Å². The van der Waals surface area contributed by atoms with E-state index in [-0.39, 0.29) is 11.8 Å². The molecule has 1 saturated heterocycles. The van der Waals surface area contributed by atoms with Crippen LogP contribution in [0.3, 0.4) is 0 Å². The zero-order chi connectivity index (χ0) is 22.3. The van der Waals surface area contributed by atoms with Gasteiger partial charge in [0.05, 0.1) is 15.1 Å². The molecule has 0 spiro atoms. The molecule has 0 aliphatic carbocycles. The van der Waals surface area contributed by atoms with Crippen LogP contribution in [0, 0.1) is 5.92 Å². The maximum atomic E-state index is 12.9. The number of hydrogen-bond acceptors (Lipinski definition) is 6. The fourth-order valence-electron chi connectivity index (χ4n) is 4.15. The van der Waals surface area contributed by atoms with Crippen LogP contribution in [-0.4, -0.2) is 52.6 Å². The number of carbonyl (C=O) groups is 2. The molecule has 0 atom stereocenters. The van der Waals surface area contributed by atoms with Crippen molar-refractivity contribution in [3.8, 4) is 0 Å². The molecule has 0 saturated carbocycles. The molecule has 0 aromatic carbocycles. The molecular weight excluding hydrogens is 440 g/mol. The Hall–Kier alpha value is -2.45. The first-order valence-corrected chi connectivity index (χ1v) is 13.1. The monoisotopic (exact) mass is 468 g/mol. The fourth-order valence-corrected chi connectivity index (χ4v) is 5.64. The standard InChI is InChI=1S/C24H28N4O2S2/c1-31-23-19(6-4-11-27-23)24(30)28-13-8-17(9-14-28)5-2-3-10-26-22(29)20-15-18-7-12-25-16-21(18)32-20/h4,6-7,11-12,15-17H,2-3,5,8-10,13-14H2,1H3,(H,26,29). The second-order valence-electron chi connectivity index (χ2n) is 8.07. The van der Waals surface area contributed by atoms with Gasteiger partial charge in [-0.2, -0.15) is 0 Å². The van der Waals surface area contributed by atoms with Gasteiger partial charge in [0.1, 0.15) is 5.03 Å². The number of amides is 2. The number of thioether (sulfide) groups is 1. The lowest BCUT2D eigenvalue weighted by Crippen LogP contribution is -2.38. The van der Waals surface area contributed by atoms with Crippen molar-refractivity contribution in [3.63, 3.8) is 0 Å². The van der Waals surface area contributed by atoms with Crippen molar-refractivity contribution < 1.29 is 9.59 Å². The molecule has 0 unspecified atom stereocenters. The Morgan fingerprint density at radius 3 is 2.84 bits per heavy atom. The summed E-state index contributed by atoms with van der Waals surface area (Å²) < 4.78 is 1.04. The smallest absolute Gasteiger partial charge is 0.261 e. The van der Waals surface area contributed by atoms with Crippen molar-refractivity contribution >= 4 is 45.0 Å². The number of likely N-dealkylation sites (tertiary alicyclic amines) is 1. The van der Waals surface area contributed by atoms with Crippen molar-refractivity contribution in [2.75, 3.05) is 25.9 Å². The lowest BCUT2D eigenvalue weighted by molar-refractivity contribution is 0.0681. The van der Waals surface area contributed by atoms with Gasteiger partial charge < -0.3 is 10.2 Å². The molecule has 1 aliphatic rings. The Balaban J connectivity index is 1.15. The number of piperidine rings is 1. The number of rotatable bonds is 8. The first-order valence-electron chi connectivity index (χ1n) is 11.1. The number of hydrogen-bond donors (Lipinski definition) is 1. The molecule has 0 radical (unpaired) electrons. The van der Waals surface area contributed by atoms with Crippen LogP contribution in [0.1, 0.15) is 52.1 Å². The van der Waals surface area contributed by atoms with Gasteiger partial charge in [0, 0.05) is 38.2 Å². The summed E-state index contributed by atoms with van der Waals surface area (Å²) in [5.74, 6) is 0.748. The number of unbranched alkanes of at least 4 members (excludes halogenated alkanes) is 1. The van der Waals surface area contributed by atoms with Crippen molar-refractivity contribution in [1.82, 2.24) is 20.2 Å². The summed E-state index contributed by atoms with van der Waals surface area (Å²) in [4.78, 5) is 36.4. The van der Waals surface area contributed by atoms with Gasteiger partial charge in [-0.3, -0.25) is 14.6 Å². The largest absolute Gasteiger partial charge is 0.351 e. The molecule has 168 valence electrons. The number of pyridine rings is 2. The SMILES string of the molecule is CSc1ncccc1C(=O)N1CCC(CCCCNC(=O)c2cc3ccncc3s2)CC1. The summed E-state index contributed by atoms with van der Waals surface area (Å²) in [6.45, 7) is 2.31. The van der Waals surface area contributed by atoms with E-state index in [0.717, 1.165) is 65.2 Å². The van der Waals surface area contributed by atoms with Crippen molar-refractivity contribution in [2.45, 2.75) is 37.1 Å². The second kappa shape index (κ2) is 10.9. The molecule has 4 heterocycles. The van der Waals surface area contributed by atoms with E-state index in [1.165, 1.54) is 23.1 Å². The van der Waals surface area contributed by atoms with E-state index in [2.05, 4.69) is 15.3 Å². The van der Waals surface area contributed by atoms with Gasteiger partial charge in [0.2, 0.25) is 0 Å². The summed E-state index contributed by atoms with van der Waals surface area (Å²) in [5.41, 5.74) is 0.712. The van der Waals surface area contributed by atoms with E-state index in [0.29, 0.717) is 18.0 Å². The van der Waals surface area contributed by atoms with Crippen LogP contribution in [0.15, 0.2) is 47.9 Å². The fraction of sp³-hybridized carbons (Fsp3) is 0.417. The lowest BCUT2D eigenvalue weighted by atomic mass is 9.91. The van der Waals surface area contributed by atoms with Crippen LogP contribution in [0.5, 0.6) is 0 Å². The molecule has 0 bridgehead atoms. The van der Waals surface area contributed by atoms with E-state index in [9.17, 15) is 9.59 Å². The maximum absolute atomic E-state index is 12.9. The quantitative estimate of drug-likeness (QED) is 0.377. The molecule has 2 amide bonds. The Labute approximate surface area is 196 Å². The molecule has 8 heteroatoms. The predicted molar refractivity (Wildman–Crippen MR) is 130 cm³/mol. The van der Waals surface area contributed by atoms with Crippen LogP contribution in [-0.2, 0) is 0 Å². The summed E-state index contributed by atoms with van der Waals surface area (Å²) in [5, 5.41) is 4.90. The second-order valence-corrected chi connectivity index (χ2v) is 9.95. The molecule has 4 rings (SSSR count). The number of fused-ring (bicyclic) bond motifs is 1. The van der Waals surface area contributed by atoms with Gasteiger partial charge >= 0.3 is 0 Å². The predicted octanol–water partition coefficient (Wildman–Crippen LogP) is 4.87. The minimum absolute atomic E-state index is 0.00182. The van der Waals surface area contributed by atoms with Crippen LogP contribution in [0.4, 0.5) is 0 Å². The molecule has 3 aromatic heterocycles. The normalized spacial score (nSPS) is 14.6. The summed E-state index contributed by atoms with van der Waals surface area (Å²) in [6.07, 6.45) is 12.5. The van der Waals surface area contributed by atoms with Crippen LogP contribution < -0.4 is 5.32 Å². The highest BCUT2D eigenvalue weighted by molar-refractivity contribution is 7.98. The van der Waals surface area contributed by atoms with Gasteiger partial charge in [-0.15, -0.1) is 23.1 Å². The summed E-state index contributed by atoms with van der Waals surface area (Å²) in [6, 6.07) is 7.56. The zero-order valence-corrected chi connectivity index (χ0v) is 19.9. The van der Waals surface area contributed by atoms with Crippen molar-refractivity contribution in [1.29, 1.82) is 0 Å². The molecular formula is C24H28N4O2S2. The molecule has 1 fully saturated rings. The number of nitrogens with one attached hydrogen (secondary N) is 1. The number of aromatic nitrogens is 2.